The zero-order chi connectivity index (χ0) is 17.3. The number of imide groups is 1. The summed E-state index contributed by atoms with van der Waals surface area (Å²) in [5.74, 6) is -0.619. The Balaban J connectivity index is 1.71. The Morgan fingerprint density at radius 2 is 1.79 bits per heavy atom. The van der Waals surface area contributed by atoms with Gasteiger partial charge in [0.15, 0.2) is 6.61 Å². The third kappa shape index (κ3) is 2.86. The third-order valence-corrected chi connectivity index (χ3v) is 3.78. The molecule has 0 saturated heterocycles. The topological polar surface area (TPSA) is 75.7 Å². The number of nitrogens with one attached hydrogen (secondary N) is 1. The van der Waals surface area contributed by atoms with Crippen molar-refractivity contribution in [2.24, 2.45) is 0 Å². The molecule has 0 atom stereocenters. The molecule has 0 bridgehead atoms. The lowest BCUT2D eigenvalue weighted by Crippen LogP contribution is -2.25. The average molecular weight is 324 g/mol. The van der Waals surface area contributed by atoms with Crippen LogP contribution in [0.15, 0.2) is 42.5 Å². The number of rotatable bonds is 4. The summed E-state index contributed by atoms with van der Waals surface area (Å²) >= 11 is 0. The molecule has 3 rings (SSSR count). The van der Waals surface area contributed by atoms with Crippen LogP contribution in [0.1, 0.15) is 26.3 Å². The Bertz CT molecular complexity index is 827. The van der Waals surface area contributed by atoms with E-state index in [1.54, 1.807) is 30.3 Å². The molecule has 0 aliphatic carbocycles. The second-order valence-corrected chi connectivity index (χ2v) is 5.55. The maximum absolute atomic E-state index is 12.1. The largest absolute Gasteiger partial charge is 0.484 e. The number of aryl methyl sites for hydroxylation is 1. The lowest BCUT2D eigenvalue weighted by molar-refractivity contribution is -0.118. The van der Waals surface area contributed by atoms with E-state index >= 15 is 0 Å². The predicted octanol–water partition coefficient (Wildman–Crippen LogP) is 2.24. The van der Waals surface area contributed by atoms with E-state index in [2.05, 4.69) is 5.32 Å². The van der Waals surface area contributed by atoms with Crippen LogP contribution in [-0.4, -0.2) is 36.3 Å². The summed E-state index contributed by atoms with van der Waals surface area (Å²) in [5, 5.41) is 2.63. The number of benzene rings is 2. The molecule has 1 heterocycles. The van der Waals surface area contributed by atoms with Crippen LogP contribution in [0.2, 0.25) is 0 Å². The summed E-state index contributed by atoms with van der Waals surface area (Å²) < 4.78 is 5.41. The average Bonchev–Trinajstić information content (AvgIpc) is 2.80. The minimum atomic E-state index is -0.426. The standard InChI is InChI=1S/C18H16N2O4/c1-11-6-8-12(9-7-11)24-10-15(21)19-14-5-3-4-13-16(14)18(23)20(2)17(13)22/h3-9H,10H2,1-2H3,(H,19,21). The number of amides is 3. The normalized spacial score (nSPS) is 13.0. The summed E-state index contributed by atoms with van der Waals surface area (Å²) in [6.07, 6.45) is 0. The van der Waals surface area contributed by atoms with Crippen molar-refractivity contribution in [1.29, 1.82) is 0 Å². The number of hydrogen-bond acceptors (Lipinski definition) is 4. The van der Waals surface area contributed by atoms with Crippen molar-refractivity contribution in [3.8, 4) is 5.75 Å². The maximum Gasteiger partial charge on any atom is 0.263 e. The molecule has 6 heteroatoms. The molecule has 0 spiro atoms. The van der Waals surface area contributed by atoms with Crippen LogP contribution in [0.4, 0.5) is 5.69 Å². The molecule has 0 fully saturated rings. The molecule has 0 unspecified atom stereocenters. The monoisotopic (exact) mass is 324 g/mol. The van der Waals surface area contributed by atoms with Crippen molar-refractivity contribution in [3.05, 3.63) is 59.2 Å². The van der Waals surface area contributed by atoms with E-state index in [1.165, 1.54) is 7.05 Å². The van der Waals surface area contributed by atoms with Gasteiger partial charge >= 0.3 is 0 Å². The van der Waals surface area contributed by atoms with E-state index in [-0.39, 0.29) is 18.1 Å². The Labute approximate surface area is 139 Å². The Morgan fingerprint density at radius 3 is 2.50 bits per heavy atom. The van der Waals surface area contributed by atoms with Gasteiger partial charge in [-0.25, -0.2) is 0 Å². The predicted molar refractivity (Wildman–Crippen MR) is 88.2 cm³/mol. The molecule has 3 amide bonds. The van der Waals surface area contributed by atoms with Crippen LogP contribution >= 0.6 is 0 Å². The van der Waals surface area contributed by atoms with E-state index in [9.17, 15) is 14.4 Å². The Morgan fingerprint density at radius 1 is 1.08 bits per heavy atom. The van der Waals surface area contributed by atoms with Gasteiger partial charge in [0.2, 0.25) is 0 Å². The molecule has 2 aromatic carbocycles. The van der Waals surface area contributed by atoms with Crippen LogP contribution in [-0.2, 0) is 4.79 Å². The molecular formula is C18H16N2O4. The first-order chi connectivity index (χ1) is 11.5. The molecule has 1 aliphatic rings. The first kappa shape index (κ1) is 15.7. The van der Waals surface area contributed by atoms with Gasteiger partial charge in [0.05, 0.1) is 16.8 Å². The summed E-state index contributed by atoms with van der Waals surface area (Å²) in [6.45, 7) is 1.77. The Hall–Kier alpha value is -3.15. The molecule has 6 nitrogen and oxygen atoms in total. The highest BCUT2D eigenvalue weighted by molar-refractivity contribution is 6.24. The number of carbonyl (C=O) groups is 3. The lowest BCUT2D eigenvalue weighted by atomic mass is 10.1. The van der Waals surface area contributed by atoms with E-state index < -0.39 is 11.8 Å². The van der Waals surface area contributed by atoms with E-state index in [1.807, 2.05) is 19.1 Å². The molecular weight excluding hydrogens is 308 g/mol. The summed E-state index contributed by atoms with van der Waals surface area (Å²) in [4.78, 5) is 37.2. The van der Waals surface area contributed by atoms with Crippen molar-refractivity contribution in [3.63, 3.8) is 0 Å². The van der Waals surface area contributed by atoms with Gasteiger partial charge in [0.1, 0.15) is 5.75 Å². The fourth-order valence-corrected chi connectivity index (χ4v) is 2.48. The zero-order valence-corrected chi connectivity index (χ0v) is 13.3. The summed E-state index contributed by atoms with van der Waals surface area (Å²) in [5.41, 5.74) is 1.92. The molecule has 2 aromatic rings. The smallest absolute Gasteiger partial charge is 0.263 e. The summed E-state index contributed by atoms with van der Waals surface area (Å²) in [7, 11) is 1.41. The van der Waals surface area contributed by atoms with E-state index in [0.717, 1.165) is 10.5 Å². The van der Waals surface area contributed by atoms with Crippen molar-refractivity contribution in [2.75, 3.05) is 19.0 Å². The van der Waals surface area contributed by atoms with Crippen molar-refractivity contribution in [1.82, 2.24) is 4.90 Å². The lowest BCUT2D eigenvalue weighted by Gasteiger charge is -2.10. The van der Waals surface area contributed by atoms with Gasteiger partial charge in [-0.3, -0.25) is 19.3 Å². The number of carbonyl (C=O) groups excluding carboxylic acids is 3. The van der Waals surface area contributed by atoms with Gasteiger partial charge in [0.25, 0.3) is 17.7 Å². The Kier molecular flexibility index (Phi) is 4.04. The zero-order valence-electron chi connectivity index (χ0n) is 13.3. The highest BCUT2D eigenvalue weighted by atomic mass is 16.5. The third-order valence-electron chi connectivity index (χ3n) is 3.78. The molecule has 0 saturated carbocycles. The fourth-order valence-electron chi connectivity index (χ4n) is 2.48. The highest BCUT2D eigenvalue weighted by Gasteiger charge is 2.35. The molecule has 1 aliphatic heterocycles. The molecule has 1 N–H and O–H groups in total. The van der Waals surface area contributed by atoms with Crippen LogP contribution in [0, 0.1) is 6.92 Å². The molecule has 0 radical (unpaired) electrons. The second-order valence-electron chi connectivity index (χ2n) is 5.55. The van der Waals surface area contributed by atoms with Crippen molar-refractivity contribution in [2.45, 2.75) is 6.92 Å². The number of nitrogens with zero attached hydrogens (tertiary/aromatic N) is 1. The van der Waals surface area contributed by atoms with E-state index in [0.29, 0.717) is 17.0 Å². The van der Waals surface area contributed by atoms with Crippen LogP contribution in [0.3, 0.4) is 0 Å². The van der Waals surface area contributed by atoms with Crippen LogP contribution in [0.25, 0.3) is 0 Å². The highest BCUT2D eigenvalue weighted by Crippen LogP contribution is 2.28. The summed E-state index contributed by atoms with van der Waals surface area (Å²) in [6, 6.07) is 12.1. The van der Waals surface area contributed by atoms with Gasteiger partial charge in [-0.1, -0.05) is 23.8 Å². The number of hydrogen-bond donors (Lipinski definition) is 1. The minimum absolute atomic E-state index is 0.190. The fraction of sp³-hybridized carbons (Fsp3) is 0.167. The molecule has 0 aromatic heterocycles. The SMILES string of the molecule is Cc1ccc(OCC(=O)Nc2cccc3c2C(=O)N(C)C3=O)cc1. The maximum atomic E-state index is 12.1. The number of anilines is 1. The first-order valence-corrected chi connectivity index (χ1v) is 7.42. The second kappa shape index (κ2) is 6.16. The number of fused-ring (bicyclic) bond motifs is 1. The van der Waals surface area contributed by atoms with Gasteiger partial charge in [0, 0.05) is 7.05 Å². The van der Waals surface area contributed by atoms with Gasteiger partial charge in [-0.15, -0.1) is 0 Å². The minimum Gasteiger partial charge on any atom is -0.484 e. The van der Waals surface area contributed by atoms with E-state index in [4.69, 9.17) is 4.74 Å². The quantitative estimate of drug-likeness (QED) is 0.875. The van der Waals surface area contributed by atoms with Gasteiger partial charge < -0.3 is 10.1 Å². The van der Waals surface area contributed by atoms with Gasteiger partial charge in [-0.05, 0) is 31.2 Å². The van der Waals surface area contributed by atoms with Crippen molar-refractivity contribution >= 4 is 23.4 Å². The molecule has 122 valence electrons. The molecule has 24 heavy (non-hydrogen) atoms. The van der Waals surface area contributed by atoms with Crippen LogP contribution < -0.4 is 10.1 Å². The van der Waals surface area contributed by atoms with Gasteiger partial charge in [-0.2, -0.15) is 0 Å². The van der Waals surface area contributed by atoms with Crippen LogP contribution in [0.5, 0.6) is 5.75 Å². The van der Waals surface area contributed by atoms with Crippen molar-refractivity contribution < 1.29 is 19.1 Å². The number of ether oxygens (including phenoxy) is 1. The first-order valence-electron chi connectivity index (χ1n) is 7.42.